The number of aromatic hydroxyl groups is 1. The van der Waals surface area contributed by atoms with Gasteiger partial charge in [0.15, 0.2) is 5.56 Å². The Bertz CT molecular complexity index is 855. The minimum atomic E-state index is -1.08. The van der Waals surface area contributed by atoms with Gasteiger partial charge in [-0.1, -0.05) is 0 Å². The van der Waals surface area contributed by atoms with Crippen LogP contribution in [0.3, 0.4) is 0 Å². The van der Waals surface area contributed by atoms with E-state index < -0.39 is 34.5 Å². The molecule has 0 unspecified atom stereocenters. The van der Waals surface area contributed by atoms with Crippen LogP contribution in [-0.4, -0.2) is 37.1 Å². The van der Waals surface area contributed by atoms with Gasteiger partial charge >= 0.3 is 5.69 Å². The molecule has 6 N–H and O–H groups in total. The number of H-pyrrole nitrogens is 2. The standard InChI is InChI=1S/C11H9N5O6/c17-7(16-22)5-3-4(1-2-12-5)13-8(18)6-9(19)14-11(21)15-10(6)20/h1-3,22H,(H,16,17)(H,12,13,18)(H3,14,15,19,20,21). The molecule has 114 valence electrons. The van der Waals surface area contributed by atoms with Gasteiger partial charge in [-0.15, -0.1) is 0 Å². The van der Waals surface area contributed by atoms with Crippen LogP contribution in [0.2, 0.25) is 0 Å². The molecule has 2 amide bonds. The molecule has 2 aromatic rings. The van der Waals surface area contributed by atoms with Gasteiger partial charge in [-0.25, -0.2) is 10.3 Å². The van der Waals surface area contributed by atoms with E-state index in [1.54, 1.807) is 4.98 Å². The van der Waals surface area contributed by atoms with Crippen molar-refractivity contribution < 1.29 is 19.9 Å². The number of amides is 2. The van der Waals surface area contributed by atoms with Crippen LogP contribution < -0.4 is 22.0 Å². The SMILES string of the molecule is O=C(NO)c1cc(NC(=O)c2c(O)[nH]c(=O)[nH]c2=O)ccn1. The molecule has 2 heterocycles. The maximum Gasteiger partial charge on any atom is 0.328 e. The lowest BCUT2D eigenvalue weighted by atomic mass is 10.2. The van der Waals surface area contributed by atoms with Crippen LogP contribution in [0.1, 0.15) is 20.8 Å². The molecule has 0 aliphatic rings. The molecule has 22 heavy (non-hydrogen) atoms. The summed E-state index contributed by atoms with van der Waals surface area (Å²) < 4.78 is 0. The number of aromatic amines is 2. The molecule has 0 saturated carbocycles. The van der Waals surface area contributed by atoms with Crippen LogP contribution in [0.5, 0.6) is 5.88 Å². The Hall–Kier alpha value is -3.47. The summed E-state index contributed by atoms with van der Waals surface area (Å²) in [7, 11) is 0. The Labute approximate surface area is 120 Å². The average Bonchev–Trinajstić information content (AvgIpc) is 2.45. The van der Waals surface area contributed by atoms with Crippen molar-refractivity contribution in [3.8, 4) is 5.88 Å². The van der Waals surface area contributed by atoms with Crippen molar-refractivity contribution >= 4 is 17.5 Å². The fourth-order valence-corrected chi connectivity index (χ4v) is 1.57. The van der Waals surface area contributed by atoms with Gasteiger partial charge in [-0.3, -0.25) is 34.5 Å². The number of nitrogens with one attached hydrogen (secondary N) is 4. The van der Waals surface area contributed by atoms with Crippen LogP contribution in [0, 0.1) is 0 Å². The van der Waals surface area contributed by atoms with Gasteiger partial charge in [0.2, 0.25) is 5.88 Å². The summed E-state index contributed by atoms with van der Waals surface area (Å²) in [4.78, 5) is 52.9. The number of pyridine rings is 1. The lowest BCUT2D eigenvalue weighted by Crippen LogP contribution is -2.30. The second-order valence-electron chi connectivity index (χ2n) is 3.96. The predicted octanol–water partition coefficient (Wildman–Crippen LogP) is -1.46. The van der Waals surface area contributed by atoms with E-state index in [4.69, 9.17) is 5.21 Å². The largest absolute Gasteiger partial charge is 0.494 e. The number of rotatable bonds is 3. The van der Waals surface area contributed by atoms with Crippen molar-refractivity contribution in [1.29, 1.82) is 0 Å². The molecule has 0 saturated heterocycles. The molecule has 0 bridgehead atoms. The van der Waals surface area contributed by atoms with E-state index in [0.29, 0.717) is 0 Å². The normalized spacial score (nSPS) is 10.0. The Morgan fingerprint density at radius 3 is 2.55 bits per heavy atom. The molecule has 0 fully saturated rings. The van der Waals surface area contributed by atoms with Crippen molar-refractivity contribution in [2.45, 2.75) is 0 Å². The van der Waals surface area contributed by atoms with E-state index in [9.17, 15) is 24.3 Å². The number of hydroxylamine groups is 1. The molecular formula is C11H9N5O6. The predicted molar refractivity (Wildman–Crippen MR) is 70.8 cm³/mol. The molecule has 11 heteroatoms. The van der Waals surface area contributed by atoms with E-state index >= 15 is 0 Å². The summed E-state index contributed by atoms with van der Waals surface area (Å²) in [5.41, 5.74) is -1.51. The minimum absolute atomic E-state index is 0.0728. The molecule has 0 aliphatic carbocycles. The first-order valence-corrected chi connectivity index (χ1v) is 5.69. The Balaban J connectivity index is 2.32. The molecular weight excluding hydrogens is 298 g/mol. The number of anilines is 1. The average molecular weight is 307 g/mol. The highest BCUT2D eigenvalue weighted by molar-refractivity contribution is 6.05. The fourth-order valence-electron chi connectivity index (χ4n) is 1.57. The van der Waals surface area contributed by atoms with Crippen molar-refractivity contribution in [3.63, 3.8) is 0 Å². The van der Waals surface area contributed by atoms with Crippen LogP contribution in [0.15, 0.2) is 27.9 Å². The topological polar surface area (TPSA) is 177 Å². The maximum absolute atomic E-state index is 11.9. The minimum Gasteiger partial charge on any atom is -0.494 e. The fraction of sp³-hybridized carbons (Fsp3) is 0. The summed E-state index contributed by atoms with van der Waals surface area (Å²) in [6.45, 7) is 0. The number of carbonyl (C=O) groups excluding carboxylic acids is 2. The van der Waals surface area contributed by atoms with Gasteiger partial charge in [0, 0.05) is 11.9 Å². The summed E-state index contributed by atoms with van der Waals surface area (Å²) in [5, 5.41) is 20.2. The highest BCUT2D eigenvalue weighted by atomic mass is 16.5. The van der Waals surface area contributed by atoms with E-state index in [-0.39, 0.29) is 11.4 Å². The van der Waals surface area contributed by atoms with Gasteiger partial charge in [0.25, 0.3) is 17.4 Å². The summed E-state index contributed by atoms with van der Waals surface area (Å²) in [6, 6.07) is 2.43. The smallest absolute Gasteiger partial charge is 0.328 e. The van der Waals surface area contributed by atoms with Gasteiger partial charge in [0.1, 0.15) is 5.69 Å². The highest BCUT2D eigenvalue weighted by Crippen LogP contribution is 2.12. The van der Waals surface area contributed by atoms with Crippen molar-refractivity contribution in [2.24, 2.45) is 0 Å². The van der Waals surface area contributed by atoms with Crippen LogP contribution in [-0.2, 0) is 0 Å². The quantitative estimate of drug-likeness (QED) is 0.296. The first-order chi connectivity index (χ1) is 10.4. The second kappa shape index (κ2) is 5.88. The van der Waals surface area contributed by atoms with Gasteiger partial charge in [-0.05, 0) is 12.1 Å². The van der Waals surface area contributed by atoms with Crippen LogP contribution in [0.25, 0.3) is 0 Å². The first kappa shape index (κ1) is 14.9. The Morgan fingerprint density at radius 1 is 1.18 bits per heavy atom. The zero-order chi connectivity index (χ0) is 16.3. The molecule has 0 spiro atoms. The lowest BCUT2D eigenvalue weighted by Gasteiger charge is -2.06. The zero-order valence-electron chi connectivity index (χ0n) is 10.7. The highest BCUT2D eigenvalue weighted by Gasteiger charge is 2.18. The molecule has 11 nitrogen and oxygen atoms in total. The number of nitrogens with zero attached hydrogens (tertiary/aromatic N) is 1. The second-order valence-corrected chi connectivity index (χ2v) is 3.96. The molecule has 0 aromatic carbocycles. The Morgan fingerprint density at radius 2 is 1.91 bits per heavy atom. The summed E-state index contributed by atoms with van der Waals surface area (Å²) in [6.07, 6.45) is 1.18. The molecule has 0 aliphatic heterocycles. The van der Waals surface area contributed by atoms with E-state index in [1.165, 1.54) is 17.7 Å². The number of hydrogen-bond acceptors (Lipinski definition) is 7. The lowest BCUT2D eigenvalue weighted by molar-refractivity contribution is 0.0700. The molecule has 2 aromatic heterocycles. The monoisotopic (exact) mass is 307 g/mol. The van der Waals surface area contributed by atoms with E-state index in [0.717, 1.165) is 6.07 Å². The van der Waals surface area contributed by atoms with Crippen LogP contribution in [0.4, 0.5) is 5.69 Å². The van der Waals surface area contributed by atoms with Crippen molar-refractivity contribution in [2.75, 3.05) is 5.32 Å². The Kier molecular flexibility index (Phi) is 3.99. The third kappa shape index (κ3) is 2.99. The molecule has 2 rings (SSSR count). The van der Waals surface area contributed by atoms with E-state index in [2.05, 4.69) is 10.3 Å². The summed E-state index contributed by atoms with van der Waals surface area (Å²) in [5.74, 6) is -2.81. The van der Waals surface area contributed by atoms with Crippen molar-refractivity contribution in [1.82, 2.24) is 20.4 Å². The van der Waals surface area contributed by atoms with Crippen LogP contribution >= 0.6 is 0 Å². The maximum atomic E-state index is 11.9. The van der Waals surface area contributed by atoms with Crippen molar-refractivity contribution in [3.05, 3.63) is 50.4 Å². The number of carbonyl (C=O) groups is 2. The molecule has 0 atom stereocenters. The van der Waals surface area contributed by atoms with Gasteiger partial charge in [0.05, 0.1) is 0 Å². The molecule has 0 radical (unpaired) electrons. The third-order valence-corrected chi connectivity index (χ3v) is 2.50. The van der Waals surface area contributed by atoms with E-state index in [1.807, 2.05) is 4.98 Å². The number of hydrogen-bond donors (Lipinski definition) is 6. The first-order valence-electron chi connectivity index (χ1n) is 5.69. The van der Waals surface area contributed by atoms with Gasteiger partial charge in [-0.2, -0.15) is 0 Å². The zero-order valence-corrected chi connectivity index (χ0v) is 10.7. The number of aromatic nitrogens is 3. The summed E-state index contributed by atoms with van der Waals surface area (Å²) >= 11 is 0. The van der Waals surface area contributed by atoms with Gasteiger partial charge < -0.3 is 10.4 Å². The third-order valence-electron chi connectivity index (χ3n) is 2.50.